The number of morpholine rings is 1. The number of benzene rings is 1. The predicted molar refractivity (Wildman–Crippen MR) is 93.0 cm³/mol. The number of esters is 1. The van der Waals surface area contributed by atoms with E-state index in [1.54, 1.807) is 13.0 Å². The molecule has 0 radical (unpaired) electrons. The number of nitrogens with zero attached hydrogens (tertiary/aromatic N) is 1. The molecule has 0 saturated carbocycles. The topological polar surface area (TPSA) is 38.8 Å². The van der Waals surface area contributed by atoms with E-state index >= 15 is 0 Å². The second-order valence-electron chi connectivity index (χ2n) is 6.19. The monoisotopic (exact) mass is 351 g/mol. The molecule has 1 aliphatic heterocycles. The van der Waals surface area contributed by atoms with E-state index < -0.39 is 0 Å². The molecule has 4 nitrogen and oxygen atoms in total. The molecule has 2 aromatic rings. The summed E-state index contributed by atoms with van der Waals surface area (Å²) >= 11 is 1.30. The molecule has 0 spiro atoms. The van der Waals surface area contributed by atoms with Gasteiger partial charge in [-0.15, -0.1) is 11.3 Å². The number of ether oxygens (including phenoxy) is 2. The SMILES string of the molecule is CCOC(=O)c1sc2cccc(F)c2c1CN1C[C@H](C)O[C@@H](C)C1. The van der Waals surface area contributed by atoms with Crippen LogP contribution in [0.2, 0.25) is 0 Å². The first-order valence-corrected chi connectivity index (χ1v) is 9.06. The summed E-state index contributed by atoms with van der Waals surface area (Å²) in [5, 5.41) is 0.539. The van der Waals surface area contributed by atoms with E-state index in [0.717, 1.165) is 23.4 Å². The van der Waals surface area contributed by atoms with Crippen LogP contribution in [0.3, 0.4) is 0 Å². The summed E-state index contributed by atoms with van der Waals surface area (Å²) in [6.45, 7) is 8.18. The lowest BCUT2D eigenvalue weighted by Crippen LogP contribution is -2.45. The molecule has 0 unspecified atom stereocenters. The van der Waals surface area contributed by atoms with Crippen LogP contribution in [-0.2, 0) is 16.0 Å². The largest absolute Gasteiger partial charge is 0.462 e. The maximum absolute atomic E-state index is 14.4. The zero-order chi connectivity index (χ0) is 17.3. The highest BCUT2D eigenvalue weighted by atomic mass is 32.1. The minimum absolute atomic E-state index is 0.120. The third kappa shape index (κ3) is 3.45. The van der Waals surface area contributed by atoms with E-state index in [0.29, 0.717) is 23.4 Å². The van der Waals surface area contributed by atoms with E-state index in [4.69, 9.17) is 9.47 Å². The molecule has 0 aliphatic carbocycles. The van der Waals surface area contributed by atoms with Crippen molar-refractivity contribution in [3.63, 3.8) is 0 Å². The van der Waals surface area contributed by atoms with Crippen LogP contribution in [0, 0.1) is 5.82 Å². The fraction of sp³-hybridized carbons (Fsp3) is 0.500. The van der Waals surface area contributed by atoms with Gasteiger partial charge >= 0.3 is 5.97 Å². The van der Waals surface area contributed by atoms with Gasteiger partial charge in [0, 0.05) is 35.3 Å². The number of rotatable bonds is 4. The minimum Gasteiger partial charge on any atom is -0.462 e. The van der Waals surface area contributed by atoms with E-state index in [-0.39, 0.29) is 24.0 Å². The van der Waals surface area contributed by atoms with Crippen LogP contribution in [0.15, 0.2) is 18.2 Å². The Hall–Kier alpha value is -1.50. The van der Waals surface area contributed by atoms with Crippen LogP contribution < -0.4 is 0 Å². The Kier molecular flexibility index (Phi) is 5.18. The quantitative estimate of drug-likeness (QED) is 0.785. The molecule has 6 heteroatoms. The molecule has 0 bridgehead atoms. The Morgan fingerprint density at radius 1 is 1.38 bits per heavy atom. The molecular weight excluding hydrogens is 329 g/mol. The number of hydrogen-bond acceptors (Lipinski definition) is 5. The van der Waals surface area contributed by atoms with Crippen LogP contribution >= 0.6 is 11.3 Å². The predicted octanol–water partition coefficient (Wildman–Crippen LogP) is 3.83. The van der Waals surface area contributed by atoms with Gasteiger partial charge in [-0.1, -0.05) is 6.07 Å². The summed E-state index contributed by atoms with van der Waals surface area (Å²) in [7, 11) is 0. The second kappa shape index (κ2) is 7.17. The Balaban J connectivity index is 2.00. The number of fused-ring (bicyclic) bond motifs is 1. The summed E-state index contributed by atoms with van der Waals surface area (Å²) < 4.78 is 26.1. The zero-order valence-electron chi connectivity index (χ0n) is 14.2. The Morgan fingerprint density at radius 3 is 2.75 bits per heavy atom. The van der Waals surface area contributed by atoms with E-state index in [9.17, 15) is 9.18 Å². The molecule has 130 valence electrons. The number of carbonyl (C=O) groups is 1. The second-order valence-corrected chi connectivity index (χ2v) is 7.25. The van der Waals surface area contributed by atoms with E-state index in [1.807, 2.05) is 19.9 Å². The van der Waals surface area contributed by atoms with Crippen molar-refractivity contribution in [2.24, 2.45) is 0 Å². The van der Waals surface area contributed by atoms with Gasteiger partial charge in [0.2, 0.25) is 0 Å². The van der Waals surface area contributed by atoms with Gasteiger partial charge in [0.05, 0.1) is 18.8 Å². The summed E-state index contributed by atoms with van der Waals surface area (Å²) in [5.74, 6) is -0.661. The van der Waals surface area contributed by atoms with Crippen molar-refractivity contribution in [1.82, 2.24) is 4.90 Å². The van der Waals surface area contributed by atoms with Gasteiger partial charge in [0.25, 0.3) is 0 Å². The van der Waals surface area contributed by atoms with Crippen LogP contribution in [0.4, 0.5) is 4.39 Å². The smallest absolute Gasteiger partial charge is 0.348 e. The van der Waals surface area contributed by atoms with E-state index in [2.05, 4.69) is 4.90 Å². The molecule has 2 atom stereocenters. The molecule has 1 aromatic heterocycles. The number of thiophene rings is 1. The fourth-order valence-electron chi connectivity index (χ4n) is 3.32. The van der Waals surface area contributed by atoms with Gasteiger partial charge < -0.3 is 9.47 Å². The molecule has 2 heterocycles. The van der Waals surface area contributed by atoms with E-state index in [1.165, 1.54) is 17.4 Å². The number of carbonyl (C=O) groups excluding carboxylic acids is 1. The van der Waals surface area contributed by atoms with Gasteiger partial charge in [-0.25, -0.2) is 9.18 Å². The zero-order valence-corrected chi connectivity index (χ0v) is 15.0. The number of hydrogen-bond donors (Lipinski definition) is 0. The summed E-state index contributed by atoms with van der Waals surface area (Å²) in [4.78, 5) is 15.1. The van der Waals surface area contributed by atoms with Crippen molar-refractivity contribution in [3.05, 3.63) is 34.5 Å². The normalized spacial score (nSPS) is 22.0. The van der Waals surface area contributed by atoms with Crippen molar-refractivity contribution in [2.45, 2.75) is 39.5 Å². The van der Waals surface area contributed by atoms with Crippen LogP contribution in [0.25, 0.3) is 10.1 Å². The molecule has 1 saturated heterocycles. The lowest BCUT2D eigenvalue weighted by atomic mass is 10.1. The minimum atomic E-state index is -0.373. The molecular formula is C18H22FNO3S. The average Bonchev–Trinajstić information content (AvgIpc) is 2.86. The molecule has 24 heavy (non-hydrogen) atoms. The van der Waals surface area contributed by atoms with Crippen molar-refractivity contribution in [1.29, 1.82) is 0 Å². The summed E-state index contributed by atoms with van der Waals surface area (Å²) in [6, 6.07) is 4.96. The first kappa shape index (κ1) is 17.3. The van der Waals surface area contributed by atoms with Crippen LogP contribution in [0.5, 0.6) is 0 Å². The fourth-order valence-corrected chi connectivity index (χ4v) is 4.44. The summed E-state index contributed by atoms with van der Waals surface area (Å²) in [6.07, 6.45) is 0.240. The van der Waals surface area contributed by atoms with Crippen molar-refractivity contribution in [3.8, 4) is 0 Å². The first-order chi connectivity index (χ1) is 11.5. The Bertz CT molecular complexity index is 735. The lowest BCUT2D eigenvalue weighted by molar-refractivity contribution is -0.0704. The van der Waals surface area contributed by atoms with Gasteiger partial charge in [0.1, 0.15) is 10.7 Å². The highest BCUT2D eigenvalue weighted by Crippen LogP contribution is 2.35. The average molecular weight is 351 g/mol. The standard InChI is InChI=1S/C18H22FNO3S/c1-4-22-18(21)17-13(10-20-8-11(2)23-12(3)9-20)16-14(19)6-5-7-15(16)24-17/h5-7,11-12H,4,8-10H2,1-3H3/t11-,12-/m0/s1. The van der Waals surface area contributed by atoms with Crippen molar-refractivity contribution in [2.75, 3.05) is 19.7 Å². The number of halogens is 1. The van der Waals surface area contributed by atoms with Gasteiger partial charge in [-0.3, -0.25) is 4.90 Å². The van der Waals surface area contributed by atoms with Gasteiger partial charge in [-0.05, 0) is 32.9 Å². The highest BCUT2D eigenvalue weighted by molar-refractivity contribution is 7.21. The third-order valence-electron chi connectivity index (χ3n) is 4.10. The van der Waals surface area contributed by atoms with Crippen molar-refractivity contribution < 1.29 is 18.7 Å². The molecule has 0 N–H and O–H groups in total. The molecule has 0 amide bonds. The summed E-state index contributed by atoms with van der Waals surface area (Å²) in [5.41, 5.74) is 0.729. The van der Waals surface area contributed by atoms with Gasteiger partial charge in [0.15, 0.2) is 0 Å². The lowest BCUT2D eigenvalue weighted by Gasteiger charge is -2.35. The molecule has 1 aromatic carbocycles. The van der Waals surface area contributed by atoms with Crippen LogP contribution in [-0.4, -0.2) is 42.8 Å². The van der Waals surface area contributed by atoms with Gasteiger partial charge in [-0.2, -0.15) is 0 Å². The maximum Gasteiger partial charge on any atom is 0.348 e. The Morgan fingerprint density at radius 2 is 2.08 bits per heavy atom. The third-order valence-corrected chi connectivity index (χ3v) is 5.28. The van der Waals surface area contributed by atoms with Crippen molar-refractivity contribution >= 4 is 27.4 Å². The molecule has 1 fully saturated rings. The maximum atomic E-state index is 14.4. The molecule has 1 aliphatic rings. The molecule has 3 rings (SSSR count). The van der Waals surface area contributed by atoms with Crippen LogP contribution in [0.1, 0.15) is 36.0 Å². The Labute approximate surface area is 145 Å². The highest BCUT2D eigenvalue weighted by Gasteiger charge is 2.27. The first-order valence-electron chi connectivity index (χ1n) is 8.24.